The summed E-state index contributed by atoms with van der Waals surface area (Å²) in [7, 11) is 1.49. The molecule has 2 aromatic heterocycles. The minimum absolute atomic E-state index is 0.0830. The second-order valence-electron chi connectivity index (χ2n) is 7.40. The Kier molecular flexibility index (Phi) is 7.00. The van der Waals surface area contributed by atoms with Crippen molar-refractivity contribution in [3.63, 3.8) is 0 Å². The van der Waals surface area contributed by atoms with Crippen molar-refractivity contribution in [2.24, 2.45) is 0 Å². The number of aromatic amines is 1. The lowest BCUT2D eigenvalue weighted by molar-refractivity contribution is -0.114. The summed E-state index contributed by atoms with van der Waals surface area (Å²) in [6.07, 6.45) is 2.96. The number of aromatic nitrogens is 3. The zero-order chi connectivity index (χ0) is 24.1. The third-order valence-corrected chi connectivity index (χ3v) is 6.13. The first kappa shape index (κ1) is 23.1. The van der Waals surface area contributed by atoms with Gasteiger partial charge in [0.15, 0.2) is 5.69 Å². The molecule has 0 spiro atoms. The van der Waals surface area contributed by atoms with Crippen molar-refractivity contribution in [2.45, 2.75) is 13.1 Å². The van der Waals surface area contributed by atoms with Gasteiger partial charge in [0.05, 0.1) is 29.9 Å². The van der Waals surface area contributed by atoms with Crippen molar-refractivity contribution in [3.05, 3.63) is 92.1 Å². The van der Waals surface area contributed by atoms with Crippen LogP contribution >= 0.6 is 11.3 Å². The highest BCUT2D eigenvalue weighted by Crippen LogP contribution is 2.24. The second kappa shape index (κ2) is 10.3. The number of carbonyl (C=O) groups is 1. The fraction of sp³-hybridized carbons (Fsp3) is 0.167. The van der Waals surface area contributed by atoms with Gasteiger partial charge in [-0.05, 0) is 23.8 Å². The van der Waals surface area contributed by atoms with Crippen LogP contribution in [-0.4, -0.2) is 34.2 Å². The maximum absolute atomic E-state index is 13.3. The van der Waals surface area contributed by atoms with E-state index in [2.05, 4.69) is 9.97 Å². The lowest BCUT2D eigenvalue weighted by Crippen LogP contribution is -2.40. The van der Waals surface area contributed by atoms with E-state index < -0.39 is 17.2 Å². The Morgan fingerprint density at radius 3 is 2.65 bits per heavy atom. The van der Waals surface area contributed by atoms with E-state index in [0.29, 0.717) is 5.01 Å². The van der Waals surface area contributed by atoms with Crippen LogP contribution in [0.2, 0.25) is 0 Å². The smallest absolute Gasteiger partial charge is 0.330 e. The Bertz CT molecular complexity index is 1420. The molecule has 3 N–H and O–H groups in total. The number of H-pyrrole nitrogens is 1. The number of benzene rings is 2. The Labute approximate surface area is 198 Å². The number of nitrogens with one attached hydrogen (secondary N) is 1. The van der Waals surface area contributed by atoms with E-state index >= 15 is 0 Å². The fourth-order valence-corrected chi connectivity index (χ4v) is 4.34. The van der Waals surface area contributed by atoms with Gasteiger partial charge >= 0.3 is 5.69 Å². The van der Waals surface area contributed by atoms with Gasteiger partial charge in [-0.1, -0.05) is 42.5 Å². The SMILES string of the molecule is COCCn1c(N)c(N(Cc2ccccc2)C(=O)/C=C/c2nc3ccccc3s2)c(=O)[nH]c1=O. The highest BCUT2D eigenvalue weighted by atomic mass is 32.1. The molecular formula is C24H23N5O4S. The van der Waals surface area contributed by atoms with Crippen LogP contribution in [0.3, 0.4) is 0 Å². The molecule has 0 fully saturated rings. The summed E-state index contributed by atoms with van der Waals surface area (Å²) >= 11 is 1.45. The highest BCUT2D eigenvalue weighted by Gasteiger charge is 2.23. The summed E-state index contributed by atoms with van der Waals surface area (Å²) in [5.41, 5.74) is 6.36. The van der Waals surface area contributed by atoms with Crippen molar-refractivity contribution >= 4 is 45.0 Å². The molecule has 0 aliphatic heterocycles. The molecule has 0 bridgehead atoms. The van der Waals surface area contributed by atoms with E-state index in [4.69, 9.17) is 10.5 Å². The molecule has 2 heterocycles. The Morgan fingerprint density at radius 2 is 1.91 bits per heavy atom. The van der Waals surface area contributed by atoms with Crippen LogP contribution in [0.15, 0.2) is 70.3 Å². The van der Waals surface area contributed by atoms with Crippen LogP contribution in [0.1, 0.15) is 10.6 Å². The Morgan fingerprint density at radius 1 is 1.18 bits per heavy atom. The van der Waals surface area contributed by atoms with E-state index in [0.717, 1.165) is 15.8 Å². The van der Waals surface area contributed by atoms with Crippen LogP contribution < -0.4 is 21.9 Å². The normalized spacial score (nSPS) is 11.3. The van der Waals surface area contributed by atoms with Gasteiger partial charge in [0, 0.05) is 13.2 Å². The molecule has 0 saturated carbocycles. The van der Waals surface area contributed by atoms with Crippen molar-refractivity contribution in [3.8, 4) is 0 Å². The molecule has 0 aliphatic carbocycles. The summed E-state index contributed by atoms with van der Waals surface area (Å²) in [4.78, 5) is 46.5. The molecule has 4 aromatic rings. The van der Waals surface area contributed by atoms with Crippen molar-refractivity contribution < 1.29 is 9.53 Å². The molecule has 0 radical (unpaired) electrons. The van der Waals surface area contributed by atoms with E-state index in [-0.39, 0.29) is 31.2 Å². The number of thiazole rings is 1. The Hall–Kier alpha value is -4.02. The molecule has 0 unspecified atom stereocenters. The summed E-state index contributed by atoms with van der Waals surface area (Å²) < 4.78 is 7.22. The summed E-state index contributed by atoms with van der Waals surface area (Å²) in [5.74, 6) is -0.583. The lowest BCUT2D eigenvalue weighted by Gasteiger charge is -2.23. The number of nitrogen functional groups attached to an aromatic ring is 1. The predicted octanol–water partition coefficient (Wildman–Crippen LogP) is 2.62. The first-order chi connectivity index (χ1) is 16.5. The highest BCUT2D eigenvalue weighted by molar-refractivity contribution is 7.19. The molecule has 0 atom stereocenters. The van der Waals surface area contributed by atoms with E-state index in [9.17, 15) is 14.4 Å². The summed E-state index contributed by atoms with van der Waals surface area (Å²) in [6, 6.07) is 16.9. The molecule has 0 aliphatic rings. The number of para-hydroxylation sites is 1. The number of rotatable bonds is 8. The number of hydrogen-bond donors (Lipinski definition) is 2. The predicted molar refractivity (Wildman–Crippen MR) is 134 cm³/mol. The summed E-state index contributed by atoms with van der Waals surface area (Å²) in [5, 5.41) is 0.654. The molecule has 34 heavy (non-hydrogen) atoms. The van der Waals surface area contributed by atoms with Crippen molar-refractivity contribution in [2.75, 3.05) is 24.4 Å². The van der Waals surface area contributed by atoms with Gasteiger partial charge in [-0.2, -0.15) is 0 Å². The van der Waals surface area contributed by atoms with E-state index in [1.807, 2.05) is 54.6 Å². The third-order valence-electron chi connectivity index (χ3n) is 5.13. The van der Waals surface area contributed by atoms with Gasteiger partial charge in [-0.15, -0.1) is 11.3 Å². The number of hydrogen-bond acceptors (Lipinski definition) is 7. The van der Waals surface area contributed by atoms with Gasteiger partial charge in [0.1, 0.15) is 10.8 Å². The van der Waals surface area contributed by atoms with Gasteiger partial charge in [-0.3, -0.25) is 24.0 Å². The van der Waals surface area contributed by atoms with E-state index in [1.54, 1.807) is 6.08 Å². The topological polar surface area (TPSA) is 123 Å². The molecule has 4 rings (SSSR count). The number of nitrogens with zero attached hydrogens (tertiary/aromatic N) is 3. The average Bonchev–Trinajstić information content (AvgIpc) is 3.25. The standard InChI is InChI=1S/C24H23N5O4S/c1-33-14-13-28-22(25)21(23(31)27-24(28)32)29(15-16-7-3-2-4-8-16)20(30)12-11-19-26-17-9-5-6-10-18(17)34-19/h2-12H,13-15,25H2,1H3,(H,27,31,32)/b12-11+. The molecule has 2 aromatic carbocycles. The second-order valence-corrected chi connectivity index (χ2v) is 8.46. The number of fused-ring (bicyclic) bond motifs is 1. The van der Waals surface area contributed by atoms with Gasteiger partial charge in [0.2, 0.25) is 0 Å². The van der Waals surface area contributed by atoms with Crippen molar-refractivity contribution in [1.29, 1.82) is 0 Å². The first-order valence-corrected chi connectivity index (χ1v) is 11.3. The molecular weight excluding hydrogens is 454 g/mol. The molecule has 9 nitrogen and oxygen atoms in total. The monoisotopic (exact) mass is 477 g/mol. The van der Waals surface area contributed by atoms with Gasteiger partial charge in [-0.25, -0.2) is 9.78 Å². The minimum Gasteiger partial charge on any atom is -0.383 e. The number of methoxy groups -OCH3 is 1. The zero-order valence-corrected chi connectivity index (χ0v) is 19.2. The molecule has 174 valence electrons. The molecule has 0 saturated heterocycles. The van der Waals surface area contributed by atoms with Crippen LogP contribution in [0, 0.1) is 0 Å². The first-order valence-electron chi connectivity index (χ1n) is 10.5. The summed E-state index contributed by atoms with van der Waals surface area (Å²) in [6.45, 7) is 0.416. The third kappa shape index (κ3) is 4.98. The molecule has 10 heteroatoms. The minimum atomic E-state index is -0.742. The Balaban J connectivity index is 1.74. The maximum atomic E-state index is 13.3. The maximum Gasteiger partial charge on any atom is 0.330 e. The van der Waals surface area contributed by atoms with Crippen LogP contribution in [-0.2, 0) is 22.6 Å². The number of amides is 1. The zero-order valence-electron chi connectivity index (χ0n) is 18.4. The van der Waals surface area contributed by atoms with Crippen LogP contribution in [0.5, 0.6) is 0 Å². The number of nitrogens with two attached hydrogens (primary N) is 1. The number of carbonyl (C=O) groups excluding carboxylic acids is 1. The average molecular weight is 478 g/mol. The van der Waals surface area contributed by atoms with Crippen LogP contribution in [0.25, 0.3) is 16.3 Å². The quantitative estimate of drug-likeness (QED) is 0.376. The number of anilines is 2. The number of ether oxygens (including phenoxy) is 1. The van der Waals surface area contributed by atoms with Gasteiger partial charge < -0.3 is 10.5 Å². The lowest BCUT2D eigenvalue weighted by atomic mass is 10.2. The van der Waals surface area contributed by atoms with Gasteiger partial charge in [0.25, 0.3) is 11.5 Å². The fourth-order valence-electron chi connectivity index (χ4n) is 3.47. The van der Waals surface area contributed by atoms with Crippen molar-refractivity contribution in [1.82, 2.24) is 14.5 Å². The van der Waals surface area contributed by atoms with E-state index in [1.165, 1.54) is 34.0 Å². The largest absolute Gasteiger partial charge is 0.383 e. The van der Waals surface area contributed by atoms with Crippen LogP contribution in [0.4, 0.5) is 11.5 Å². The molecule has 1 amide bonds.